The molecule has 2 rings (SSSR count). The van der Waals surface area contributed by atoms with Crippen molar-refractivity contribution in [2.24, 2.45) is 0 Å². The quantitative estimate of drug-likeness (QED) is 0.694. The first-order valence-electron chi connectivity index (χ1n) is 8.90. The zero-order chi connectivity index (χ0) is 20.7. The molecule has 0 saturated carbocycles. The van der Waals surface area contributed by atoms with Gasteiger partial charge in [-0.1, -0.05) is 47.5 Å². The zero-order valence-corrected chi connectivity index (χ0v) is 17.7. The Kier molecular flexibility index (Phi) is 8.33. The smallest absolute Gasteiger partial charge is 0.242 e. The molecule has 0 spiro atoms. The number of halogens is 2. The molecule has 4 nitrogen and oxygen atoms in total. The van der Waals surface area contributed by atoms with Gasteiger partial charge in [0.15, 0.2) is 0 Å². The molecule has 1 atom stereocenters. The van der Waals surface area contributed by atoms with Gasteiger partial charge in [0.25, 0.3) is 0 Å². The van der Waals surface area contributed by atoms with Crippen molar-refractivity contribution in [3.63, 3.8) is 0 Å². The van der Waals surface area contributed by atoms with Crippen LogP contribution < -0.4 is 5.32 Å². The first kappa shape index (κ1) is 22.2. The molecule has 28 heavy (non-hydrogen) atoms. The van der Waals surface area contributed by atoms with Crippen LogP contribution in [0.4, 0.5) is 4.39 Å². The normalized spacial score (nSPS) is 11.8. The third kappa shape index (κ3) is 5.97. The number of nitrogens with zero attached hydrogens (tertiary/aromatic N) is 1. The maximum Gasteiger partial charge on any atom is 0.242 e. The summed E-state index contributed by atoms with van der Waals surface area (Å²) in [7, 11) is 1.54. The van der Waals surface area contributed by atoms with Gasteiger partial charge < -0.3 is 10.2 Å². The Hall–Kier alpha value is -2.05. The molecule has 7 heteroatoms. The SMILES string of the molecule is CNC(=O)[C@@H](C)N(Cc1cccc(C)c1)C(=O)CSCc1c(F)cccc1Cl. The molecule has 0 aliphatic rings. The lowest BCUT2D eigenvalue weighted by molar-refractivity contribution is -0.138. The number of carbonyl (C=O) groups is 2. The van der Waals surface area contributed by atoms with Crippen molar-refractivity contribution in [2.75, 3.05) is 12.8 Å². The van der Waals surface area contributed by atoms with E-state index in [4.69, 9.17) is 11.6 Å². The first-order chi connectivity index (χ1) is 13.3. The molecular formula is C21H24ClFN2O2S. The number of benzene rings is 2. The van der Waals surface area contributed by atoms with Gasteiger partial charge in [-0.2, -0.15) is 0 Å². The van der Waals surface area contributed by atoms with Crippen molar-refractivity contribution < 1.29 is 14.0 Å². The van der Waals surface area contributed by atoms with E-state index in [1.807, 2.05) is 31.2 Å². The lowest BCUT2D eigenvalue weighted by Gasteiger charge is -2.28. The Morgan fingerprint density at radius 2 is 1.96 bits per heavy atom. The second kappa shape index (κ2) is 10.5. The Labute approximate surface area is 174 Å². The highest BCUT2D eigenvalue weighted by atomic mass is 35.5. The van der Waals surface area contributed by atoms with Crippen molar-refractivity contribution in [2.45, 2.75) is 32.2 Å². The van der Waals surface area contributed by atoms with Crippen molar-refractivity contribution >= 4 is 35.2 Å². The van der Waals surface area contributed by atoms with Gasteiger partial charge in [-0.15, -0.1) is 11.8 Å². The number of nitrogens with one attached hydrogen (secondary N) is 1. The van der Waals surface area contributed by atoms with E-state index >= 15 is 0 Å². The number of thioether (sulfide) groups is 1. The molecule has 0 unspecified atom stereocenters. The fourth-order valence-electron chi connectivity index (χ4n) is 2.79. The van der Waals surface area contributed by atoms with Crippen molar-refractivity contribution in [3.05, 3.63) is 70.0 Å². The van der Waals surface area contributed by atoms with E-state index in [0.29, 0.717) is 17.1 Å². The highest BCUT2D eigenvalue weighted by Crippen LogP contribution is 2.24. The number of hydrogen-bond acceptors (Lipinski definition) is 3. The van der Waals surface area contributed by atoms with Crippen LogP contribution in [0, 0.1) is 12.7 Å². The summed E-state index contributed by atoms with van der Waals surface area (Å²) >= 11 is 7.31. The van der Waals surface area contributed by atoms with Crippen LogP contribution in [0.1, 0.15) is 23.6 Å². The molecule has 0 aromatic heterocycles. The molecule has 2 amide bonds. The predicted octanol–water partition coefficient (Wildman–Crippen LogP) is 4.18. The average Bonchev–Trinajstić information content (AvgIpc) is 2.67. The zero-order valence-electron chi connectivity index (χ0n) is 16.2. The Bertz CT molecular complexity index is 827. The minimum absolute atomic E-state index is 0.123. The molecule has 150 valence electrons. The van der Waals surface area contributed by atoms with E-state index in [0.717, 1.165) is 11.1 Å². The molecule has 2 aromatic carbocycles. The molecule has 0 fully saturated rings. The summed E-state index contributed by atoms with van der Waals surface area (Å²) in [5, 5.41) is 2.93. The predicted molar refractivity (Wildman–Crippen MR) is 113 cm³/mol. The van der Waals surface area contributed by atoms with Gasteiger partial charge in [0, 0.05) is 29.9 Å². The molecule has 0 aliphatic carbocycles. The molecule has 1 N–H and O–H groups in total. The van der Waals surface area contributed by atoms with E-state index in [9.17, 15) is 14.0 Å². The number of rotatable bonds is 8. The van der Waals surface area contributed by atoms with Gasteiger partial charge >= 0.3 is 0 Å². The third-order valence-corrected chi connectivity index (χ3v) is 5.68. The first-order valence-corrected chi connectivity index (χ1v) is 10.4. The topological polar surface area (TPSA) is 49.4 Å². The van der Waals surface area contributed by atoms with E-state index in [2.05, 4.69) is 5.32 Å². The van der Waals surface area contributed by atoms with E-state index in [-0.39, 0.29) is 29.1 Å². The van der Waals surface area contributed by atoms with Crippen molar-refractivity contribution in [3.8, 4) is 0 Å². The standard InChI is InChI=1S/C21H24ClFN2O2S/c1-14-6-4-7-16(10-14)11-25(15(2)21(27)24-3)20(26)13-28-12-17-18(22)8-5-9-19(17)23/h4-10,15H,11-13H2,1-3H3,(H,24,27)/t15-/m1/s1. The van der Waals surface area contributed by atoms with Gasteiger partial charge in [0.2, 0.25) is 11.8 Å². The Morgan fingerprint density at radius 3 is 2.61 bits per heavy atom. The molecule has 0 aliphatic heterocycles. The van der Waals surface area contributed by atoms with Crippen LogP contribution in [0.5, 0.6) is 0 Å². The summed E-state index contributed by atoms with van der Waals surface area (Å²) in [6, 6.07) is 11.7. The van der Waals surface area contributed by atoms with Gasteiger partial charge in [0.05, 0.1) is 5.75 Å². The molecule has 0 saturated heterocycles. The minimum atomic E-state index is -0.615. The summed E-state index contributed by atoms with van der Waals surface area (Å²) in [6.07, 6.45) is 0. The Morgan fingerprint density at radius 1 is 1.25 bits per heavy atom. The maximum absolute atomic E-state index is 13.9. The number of likely N-dealkylation sites (N-methyl/N-ethyl adjacent to an activating group) is 1. The fourth-order valence-corrected chi connectivity index (χ4v) is 4.04. The number of hydrogen-bond donors (Lipinski definition) is 1. The molecule has 0 radical (unpaired) electrons. The van der Waals surface area contributed by atoms with Crippen LogP contribution in [0.25, 0.3) is 0 Å². The summed E-state index contributed by atoms with van der Waals surface area (Å²) in [4.78, 5) is 26.5. The summed E-state index contributed by atoms with van der Waals surface area (Å²) in [5.74, 6) is -0.400. The maximum atomic E-state index is 13.9. The second-order valence-corrected chi connectivity index (χ2v) is 7.89. The van der Waals surface area contributed by atoms with Crippen LogP contribution in [-0.4, -0.2) is 35.6 Å². The third-order valence-electron chi connectivity index (χ3n) is 4.38. The lowest BCUT2D eigenvalue weighted by Crippen LogP contribution is -2.47. The van der Waals surface area contributed by atoms with Crippen molar-refractivity contribution in [1.29, 1.82) is 0 Å². The Balaban J connectivity index is 2.08. The highest BCUT2D eigenvalue weighted by molar-refractivity contribution is 7.99. The van der Waals surface area contributed by atoms with Crippen LogP contribution >= 0.6 is 23.4 Å². The molecule has 2 aromatic rings. The van der Waals surface area contributed by atoms with Crippen LogP contribution in [0.15, 0.2) is 42.5 Å². The average molecular weight is 423 g/mol. The van der Waals surface area contributed by atoms with E-state index < -0.39 is 6.04 Å². The second-order valence-electron chi connectivity index (χ2n) is 6.49. The van der Waals surface area contributed by atoms with Crippen LogP contribution in [0.2, 0.25) is 5.02 Å². The summed E-state index contributed by atoms with van der Waals surface area (Å²) in [5.41, 5.74) is 2.42. The highest BCUT2D eigenvalue weighted by Gasteiger charge is 2.25. The lowest BCUT2D eigenvalue weighted by atomic mass is 10.1. The van der Waals surface area contributed by atoms with Gasteiger partial charge in [-0.3, -0.25) is 9.59 Å². The molecular weight excluding hydrogens is 399 g/mol. The van der Waals surface area contributed by atoms with Crippen LogP contribution in [0.3, 0.4) is 0 Å². The van der Waals surface area contributed by atoms with Crippen LogP contribution in [-0.2, 0) is 21.9 Å². The van der Waals surface area contributed by atoms with Crippen molar-refractivity contribution in [1.82, 2.24) is 10.2 Å². The summed E-state index contributed by atoms with van der Waals surface area (Å²) in [6.45, 7) is 4.01. The fraction of sp³-hybridized carbons (Fsp3) is 0.333. The van der Waals surface area contributed by atoms with E-state index in [1.54, 1.807) is 31.0 Å². The number of aryl methyl sites for hydroxylation is 1. The number of carbonyl (C=O) groups excluding carboxylic acids is 2. The minimum Gasteiger partial charge on any atom is -0.357 e. The molecule has 0 bridgehead atoms. The summed E-state index contributed by atoms with van der Waals surface area (Å²) < 4.78 is 13.9. The monoisotopic (exact) mass is 422 g/mol. The van der Waals surface area contributed by atoms with Gasteiger partial charge in [-0.25, -0.2) is 4.39 Å². The van der Waals surface area contributed by atoms with Gasteiger partial charge in [-0.05, 0) is 31.5 Å². The number of amides is 2. The largest absolute Gasteiger partial charge is 0.357 e. The van der Waals surface area contributed by atoms with E-state index in [1.165, 1.54) is 17.8 Å². The van der Waals surface area contributed by atoms with Gasteiger partial charge in [0.1, 0.15) is 11.9 Å². The molecule has 0 heterocycles.